The number of allylic oxidation sites excluding steroid dienone is 3. The first-order valence-electron chi connectivity index (χ1n) is 11.3. The summed E-state index contributed by atoms with van der Waals surface area (Å²) in [5, 5.41) is 8.64. The zero-order valence-corrected chi connectivity index (χ0v) is 19.2. The Morgan fingerprint density at radius 2 is 1.59 bits per heavy atom. The second-order valence-corrected chi connectivity index (χ2v) is 9.35. The monoisotopic (exact) mass is 471 g/mol. The third-order valence-corrected chi connectivity index (χ3v) is 6.99. The van der Waals surface area contributed by atoms with E-state index in [9.17, 15) is 9.59 Å². The van der Waals surface area contributed by atoms with Crippen molar-refractivity contribution in [3.05, 3.63) is 88.5 Å². The van der Waals surface area contributed by atoms with Crippen molar-refractivity contribution in [3.63, 3.8) is 0 Å². The number of fused-ring (bicyclic) bond motifs is 2. The van der Waals surface area contributed by atoms with Gasteiger partial charge in [0.15, 0.2) is 0 Å². The van der Waals surface area contributed by atoms with Gasteiger partial charge in [0, 0.05) is 10.7 Å². The van der Waals surface area contributed by atoms with Crippen LogP contribution in [-0.2, 0) is 9.59 Å². The molecule has 1 fully saturated rings. The van der Waals surface area contributed by atoms with Crippen LogP contribution in [0, 0.1) is 18.8 Å². The molecule has 0 spiro atoms. The van der Waals surface area contributed by atoms with Crippen molar-refractivity contribution in [2.75, 3.05) is 10.2 Å². The molecule has 3 aliphatic rings. The van der Waals surface area contributed by atoms with Gasteiger partial charge in [-0.1, -0.05) is 65.7 Å². The van der Waals surface area contributed by atoms with Crippen molar-refractivity contribution in [1.82, 2.24) is 14.8 Å². The van der Waals surface area contributed by atoms with E-state index in [-0.39, 0.29) is 35.6 Å². The Morgan fingerprint density at radius 1 is 0.941 bits per heavy atom. The number of halogens is 1. The van der Waals surface area contributed by atoms with E-state index in [1.165, 1.54) is 4.90 Å². The van der Waals surface area contributed by atoms with Gasteiger partial charge in [-0.2, -0.15) is 4.98 Å². The summed E-state index contributed by atoms with van der Waals surface area (Å²) >= 11 is 6.09. The average Bonchev–Trinajstić information content (AvgIpc) is 3.38. The molecule has 1 aromatic heterocycles. The predicted octanol–water partition coefficient (Wildman–Crippen LogP) is 4.75. The van der Waals surface area contributed by atoms with E-state index in [0.717, 1.165) is 22.4 Å². The summed E-state index contributed by atoms with van der Waals surface area (Å²) in [7, 11) is 0. The average molecular weight is 472 g/mol. The van der Waals surface area contributed by atoms with Crippen molar-refractivity contribution in [2.24, 2.45) is 11.8 Å². The molecule has 3 aromatic rings. The lowest BCUT2D eigenvalue weighted by molar-refractivity contribution is -0.122. The predicted molar refractivity (Wildman–Crippen MR) is 130 cm³/mol. The van der Waals surface area contributed by atoms with E-state index in [1.807, 2.05) is 43.3 Å². The van der Waals surface area contributed by atoms with Crippen LogP contribution in [0.3, 0.4) is 0 Å². The molecule has 0 radical (unpaired) electrons. The van der Waals surface area contributed by atoms with Gasteiger partial charge in [0.2, 0.25) is 17.8 Å². The lowest BCUT2D eigenvalue weighted by atomic mass is 9.85. The van der Waals surface area contributed by atoms with E-state index in [0.29, 0.717) is 23.8 Å². The topological polar surface area (TPSA) is 80.1 Å². The minimum absolute atomic E-state index is 0.120. The third-order valence-electron chi connectivity index (χ3n) is 6.74. The van der Waals surface area contributed by atoms with Gasteiger partial charge in [-0.3, -0.25) is 9.59 Å². The van der Waals surface area contributed by atoms with Crippen LogP contribution in [0.25, 0.3) is 5.70 Å². The van der Waals surface area contributed by atoms with Crippen LogP contribution < -0.4 is 10.2 Å². The van der Waals surface area contributed by atoms with Gasteiger partial charge in [0.05, 0.1) is 11.8 Å². The molecule has 2 aromatic carbocycles. The van der Waals surface area contributed by atoms with E-state index in [4.69, 9.17) is 11.6 Å². The number of carbonyl (C=O) groups is 2. The number of nitrogens with one attached hydrogen (secondary N) is 1. The molecule has 2 amide bonds. The van der Waals surface area contributed by atoms with E-state index in [2.05, 4.69) is 45.7 Å². The number of benzene rings is 2. The number of anilines is 2. The van der Waals surface area contributed by atoms with Gasteiger partial charge in [-0.25, -0.2) is 9.58 Å². The third kappa shape index (κ3) is 3.35. The SMILES string of the molecule is Cc1ccc(C2C=C(c3ccc(Cl)cc3)Nc3nc(N4C(=O)C5CC=CCC5C4=O)nn32)cc1. The zero-order valence-electron chi connectivity index (χ0n) is 18.5. The Labute approximate surface area is 201 Å². The van der Waals surface area contributed by atoms with Gasteiger partial charge in [0.25, 0.3) is 5.95 Å². The molecule has 170 valence electrons. The molecular formula is C26H22ClN5O2. The molecule has 1 saturated heterocycles. The first-order chi connectivity index (χ1) is 16.5. The summed E-state index contributed by atoms with van der Waals surface area (Å²) in [5.41, 5.74) is 3.98. The molecule has 34 heavy (non-hydrogen) atoms. The quantitative estimate of drug-likeness (QED) is 0.440. The van der Waals surface area contributed by atoms with Gasteiger partial charge < -0.3 is 5.32 Å². The number of imide groups is 1. The van der Waals surface area contributed by atoms with Crippen LogP contribution >= 0.6 is 11.6 Å². The van der Waals surface area contributed by atoms with Crippen molar-refractivity contribution in [1.29, 1.82) is 0 Å². The van der Waals surface area contributed by atoms with Gasteiger partial charge in [-0.05, 0) is 49.1 Å². The molecule has 1 N–H and O–H groups in total. The molecule has 2 aliphatic heterocycles. The number of aromatic nitrogens is 3. The molecule has 3 unspecified atom stereocenters. The second kappa shape index (κ2) is 7.95. The van der Waals surface area contributed by atoms with E-state index in [1.54, 1.807) is 4.68 Å². The van der Waals surface area contributed by atoms with Crippen LogP contribution in [0.15, 0.2) is 66.8 Å². The fourth-order valence-corrected chi connectivity index (χ4v) is 5.00. The normalized spacial score (nSPS) is 23.4. The number of amides is 2. The molecule has 8 heteroatoms. The first kappa shape index (κ1) is 20.9. The van der Waals surface area contributed by atoms with Gasteiger partial charge in [0.1, 0.15) is 6.04 Å². The summed E-state index contributed by atoms with van der Waals surface area (Å²) < 4.78 is 1.74. The molecule has 0 saturated carbocycles. The summed E-state index contributed by atoms with van der Waals surface area (Å²) in [6.45, 7) is 2.04. The maximum Gasteiger partial charge on any atom is 0.260 e. The van der Waals surface area contributed by atoms with Crippen molar-refractivity contribution in [3.8, 4) is 0 Å². The van der Waals surface area contributed by atoms with Gasteiger partial charge >= 0.3 is 0 Å². The lowest BCUT2D eigenvalue weighted by Crippen LogP contribution is -2.32. The molecule has 0 bridgehead atoms. The highest BCUT2D eigenvalue weighted by molar-refractivity contribution is 6.30. The Kier molecular flexibility index (Phi) is 4.88. The Hall–Kier alpha value is -3.71. The molecular weight excluding hydrogens is 450 g/mol. The minimum Gasteiger partial charge on any atom is -0.324 e. The summed E-state index contributed by atoms with van der Waals surface area (Å²) in [4.78, 5) is 32.0. The molecule has 1 aliphatic carbocycles. The standard InChI is InChI=1S/C26H22ClN5O2/c1-15-6-8-17(9-7-15)22-14-21(16-10-12-18(27)13-11-16)28-25-29-26(30-32(22)25)31-23(33)19-4-2-3-5-20(19)24(31)34/h2-3,6-14,19-20,22H,4-5H2,1H3,(H,28,29,30). The van der Waals surface area contributed by atoms with Crippen molar-refractivity contribution >= 4 is 41.0 Å². The highest BCUT2D eigenvalue weighted by atomic mass is 35.5. The Balaban J connectivity index is 1.42. The largest absolute Gasteiger partial charge is 0.324 e. The fourth-order valence-electron chi connectivity index (χ4n) is 4.87. The maximum atomic E-state index is 13.1. The summed E-state index contributed by atoms with van der Waals surface area (Å²) in [6, 6.07) is 15.5. The van der Waals surface area contributed by atoms with Crippen molar-refractivity contribution < 1.29 is 9.59 Å². The maximum absolute atomic E-state index is 13.1. The van der Waals surface area contributed by atoms with Crippen LogP contribution in [0.2, 0.25) is 5.02 Å². The fraction of sp³-hybridized carbons (Fsp3) is 0.231. The summed E-state index contributed by atoms with van der Waals surface area (Å²) in [5.74, 6) is -0.514. The second-order valence-electron chi connectivity index (χ2n) is 8.92. The summed E-state index contributed by atoms with van der Waals surface area (Å²) in [6.07, 6.45) is 7.16. The molecule has 6 rings (SSSR count). The smallest absolute Gasteiger partial charge is 0.260 e. The number of aryl methyl sites for hydroxylation is 1. The molecule has 3 atom stereocenters. The molecule has 7 nitrogen and oxygen atoms in total. The molecule has 3 heterocycles. The van der Waals surface area contributed by atoms with Crippen LogP contribution in [0.5, 0.6) is 0 Å². The van der Waals surface area contributed by atoms with Crippen LogP contribution in [0.1, 0.15) is 35.6 Å². The number of hydrogen-bond donors (Lipinski definition) is 1. The van der Waals surface area contributed by atoms with Crippen LogP contribution in [0.4, 0.5) is 11.9 Å². The van der Waals surface area contributed by atoms with Crippen molar-refractivity contribution in [2.45, 2.75) is 25.8 Å². The first-order valence-corrected chi connectivity index (χ1v) is 11.7. The number of hydrogen-bond acceptors (Lipinski definition) is 5. The zero-order chi connectivity index (χ0) is 23.4. The Morgan fingerprint density at radius 3 is 2.24 bits per heavy atom. The van der Waals surface area contributed by atoms with Gasteiger partial charge in [-0.15, -0.1) is 5.10 Å². The minimum atomic E-state index is -0.332. The van der Waals surface area contributed by atoms with E-state index >= 15 is 0 Å². The highest BCUT2D eigenvalue weighted by Crippen LogP contribution is 2.39. The van der Waals surface area contributed by atoms with Crippen LogP contribution in [-0.4, -0.2) is 26.6 Å². The number of carbonyl (C=O) groups excluding carboxylic acids is 2. The number of rotatable bonds is 3. The number of nitrogens with zero attached hydrogens (tertiary/aromatic N) is 4. The Bertz CT molecular complexity index is 1330. The highest BCUT2D eigenvalue weighted by Gasteiger charge is 2.49. The van der Waals surface area contributed by atoms with E-state index < -0.39 is 0 Å². The lowest BCUT2D eigenvalue weighted by Gasteiger charge is -2.24.